The van der Waals surface area contributed by atoms with Crippen molar-refractivity contribution in [3.63, 3.8) is 0 Å². The van der Waals surface area contributed by atoms with Crippen molar-refractivity contribution in [2.24, 2.45) is 0 Å². The monoisotopic (exact) mass is 510 g/mol. The summed E-state index contributed by atoms with van der Waals surface area (Å²) < 4.78 is 4.65. The van der Waals surface area contributed by atoms with Crippen molar-refractivity contribution in [1.82, 2.24) is 14.1 Å². The molecule has 5 aromatic carbocycles. The van der Waals surface area contributed by atoms with E-state index in [4.69, 9.17) is 0 Å². The number of fused-ring (bicyclic) bond motifs is 6. The first kappa shape index (κ1) is 22.3. The molecule has 0 unspecified atom stereocenters. The predicted molar refractivity (Wildman–Crippen MR) is 163 cm³/mol. The van der Waals surface area contributed by atoms with E-state index in [1.807, 2.05) is 18.2 Å². The first-order chi connectivity index (χ1) is 19.8. The molecule has 0 saturated carbocycles. The fourth-order valence-electron chi connectivity index (χ4n) is 6.16. The van der Waals surface area contributed by atoms with Crippen LogP contribution in [0, 0.1) is 11.3 Å². The highest BCUT2D eigenvalue weighted by Gasteiger charge is 2.21. The lowest BCUT2D eigenvalue weighted by Crippen LogP contribution is -2.05. The van der Waals surface area contributed by atoms with E-state index >= 15 is 0 Å². The van der Waals surface area contributed by atoms with Crippen molar-refractivity contribution in [2.45, 2.75) is 0 Å². The van der Waals surface area contributed by atoms with E-state index < -0.39 is 0 Å². The fraction of sp³-hybridized carbons (Fsp3) is 0. The molecule has 3 aromatic heterocycles. The molecule has 8 aromatic rings. The van der Waals surface area contributed by atoms with Crippen LogP contribution in [-0.4, -0.2) is 14.1 Å². The van der Waals surface area contributed by atoms with Gasteiger partial charge in [0.1, 0.15) is 0 Å². The fourth-order valence-corrected chi connectivity index (χ4v) is 6.16. The Balaban J connectivity index is 1.59. The van der Waals surface area contributed by atoms with Crippen LogP contribution in [0.25, 0.3) is 66.1 Å². The highest BCUT2D eigenvalue weighted by molar-refractivity contribution is 6.11. The number of hydrogen-bond donors (Lipinski definition) is 0. The van der Waals surface area contributed by atoms with Gasteiger partial charge >= 0.3 is 0 Å². The number of aromatic nitrogens is 3. The summed E-state index contributed by atoms with van der Waals surface area (Å²) in [6, 6.07) is 44.7. The minimum atomic E-state index is 0.618. The zero-order valence-electron chi connectivity index (χ0n) is 21.5. The van der Waals surface area contributed by atoms with Gasteiger partial charge in [-0.2, -0.15) is 5.26 Å². The van der Waals surface area contributed by atoms with Crippen molar-refractivity contribution < 1.29 is 0 Å². The quantitative estimate of drug-likeness (QED) is 0.238. The maximum absolute atomic E-state index is 10.4. The van der Waals surface area contributed by atoms with E-state index in [0.717, 1.165) is 44.6 Å². The van der Waals surface area contributed by atoms with E-state index in [1.165, 1.54) is 21.5 Å². The van der Waals surface area contributed by atoms with Gasteiger partial charge in [-0.3, -0.25) is 4.98 Å². The molecular weight excluding hydrogens is 488 g/mol. The lowest BCUT2D eigenvalue weighted by atomic mass is 9.99. The second kappa shape index (κ2) is 8.69. The smallest absolute Gasteiger partial charge is 0.0998 e. The molecule has 0 N–H and O–H groups in total. The van der Waals surface area contributed by atoms with E-state index in [2.05, 4.69) is 123 Å². The van der Waals surface area contributed by atoms with Gasteiger partial charge in [-0.1, -0.05) is 72.8 Å². The maximum Gasteiger partial charge on any atom is 0.0998 e. The lowest BCUT2D eigenvalue weighted by Gasteiger charge is -2.19. The molecule has 8 rings (SSSR count). The van der Waals surface area contributed by atoms with Gasteiger partial charge in [0.15, 0.2) is 0 Å². The average molecular weight is 511 g/mol. The minimum Gasteiger partial charge on any atom is -0.307 e. The zero-order valence-corrected chi connectivity index (χ0v) is 21.5. The molecule has 0 fully saturated rings. The van der Waals surface area contributed by atoms with Crippen LogP contribution in [0.15, 0.2) is 134 Å². The normalized spacial score (nSPS) is 11.5. The van der Waals surface area contributed by atoms with Gasteiger partial charge in [0.2, 0.25) is 0 Å². The largest absolute Gasteiger partial charge is 0.307 e. The Morgan fingerprint density at radius 3 is 1.32 bits per heavy atom. The van der Waals surface area contributed by atoms with E-state index in [-0.39, 0.29) is 0 Å². The topological polar surface area (TPSA) is 46.5 Å². The number of benzene rings is 5. The summed E-state index contributed by atoms with van der Waals surface area (Å²) in [5, 5.41) is 15.2. The Kier molecular flexibility index (Phi) is 4.85. The Hall–Kier alpha value is -5.66. The van der Waals surface area contributed by atoms with Crippen LogP contribution < -0.4 is 0 Å². The molecule has 0 bridgehead atoms. The van der Waals surface area contributed by atoms with Crippen molar-refractivity contribution in [3.8, 4) is 28.6 Å². The Morgan fingerprint density at radius 1 is 0.500 bits per heavy atom. The third kappa shape index (κ3) is 3.15. The Labute approximate surface area is 230 Å². The van der Waals surface area contributed by atoms with E-state index in [9.17, 15) is 5.26 Å². The van der Waals surface area contributed by atoms with Gasteiger partial charge in [0.05, 0.1) is 45.1 Å². The first-order valence-corrected chi connectivity index (χ1v) is 13.3. The van der Waals surface area contributed by atoms with Gasteiger partial charge in [0, 0.05) is 39.5 Å². The molecule has 3 heterocycles. The summed E-state index contributed by atoms with van der Waals surface area (Å²) >= 11 is 0. The van der Waals surface area contributed by atoms with Crippen LogP contribution in [0.5, 0.6) is 0 Å². The molecular formula is C36H22N4. The number of rotatable bonds is 3. The molecule has 0 amide bonds. The summed E-state index contributed by atoms with van der Waals surface area (Å²) in [7, 11) is 0. The predicted octanol–water partition coefficient (Wildman–Crippen LogP) is 8.81. The van der Waals surface area contributed by atoms with Crippen molar-refractivity contribution in [2.75, 3.05) is 0 Å². The van der Waals surface area contributed by atoms with E-state index in [1.54, 1.807) is 12.4 Å². The Morgan fingerprint density at radius 2 is 0.900 bits per heavy atom. The molecule has 4 heteroatoms. The number of nitriles is 1. The molecule has 40 heavy (non-hydrogen) atoms. The second-order valence-electron chi connectivity index (χ2n) is 9.97. The van der Waals surface area contributed by atoms with Crippen molar-refractivity contribution >= 4 is 43.6 Å². The summed E-state index contributed by atoms with van der Waals surface area (Å²) in [5.74, 6) is 0. The van der Waals surface area contributed by atoms with Crippen LogP contribution in [0.3, 0.4) is 0 Å². The third-order valence-electron chi connectivity index (χ3n) is 7.87. The Bertz CT molecular complexity index is 2170. The van der Waals surface area contributed by atoms with Gasteiger partial charge in [-0.15, -0.1) is 0 Å². The third-order valence-corrected chi connectivity index (χ3v) is 7.87. The number of pyridine rings is 1. The van der Waals surface area contributed by atoms with Crippen molar-refractivity contribution in [1.29, 1.82) is 5.26 Å². The van der Waals surface area contributed by atoms with E-state index in [0.29, 0.717) is 5.56 Å². The standard InChI is InChI=1S/C36H22N4/c37-23-25-21-35(39-31-13-5-1-9-26(31)27-10-2-6-14-32(27)39)36(22-30(25)24-17-19-38-20-18-24)40-33-15-7-3-11-28(33)29-12-4-8-16-34(29)40/h1-22H. The highest BCUT2D eigenvalue weighted by Crippen LogP contribution is 2.40. The summed E-state index contributed by atoms with van der Waals surface area (Å²) in [4.78, 5) is 4.21. The molecule has 0 atom stereocenters. The van der Waals surface area contributed by atoms with Gasteiger partial charge in [0.25, 0.3) is 0 Å². The number of hydrogen-bond acceptors (Lipinski definition) is 2. The first-order valence-electron chi connectivity index (χ1n) is 13.3. The van der Waals surface area contributed by atoms with Crippen LogP contribution in [-0.2, 0) is 0 Å². The highest BCUT2D eigenvalue weighted by atomic mass is 15.1. The minimum absolute atomic E-state index is 0.618. The summed E-state index contributed by atoms with van der Waals surface area (Å²) in [5.41, 5.74) is 8.87. The maximum atomic E-state index is 10.4. The molecule has 0 radical (unpaired) electrons. The lowest BCUT2D eigenvalue weighted by molar-refractivity contribution is 1.09. The van der Waals surface area contributed by atoms with Crippen LogP contribution in [0.1, 0.15) is 5.56 Å². The summed E-state index contributed by atoms with van der Waals surface area (Å²) in [6.45, 7) is 0. The molecule has 0 aliphatic heterocycles. The van der Waals surface area contributed by atoms with Crippen LogP contribution in [0.2, 0.25) is 0 Å². The molecule has 0 spiro atoms. The summed E-state index contributed by atoms with van der Waals surface area (Å²) in [6.07, 6.45) is 3.55. The van der Waals surface area contributed by atoms with Crippen LogP contribution in [0.4, 0.5) is 0 Å². The molecule has 0 aliphatic rings. The SMILES string of the molecule is N#Cc1cc(-n2c3ccccc3c3ccccc32)c(-n2c3ccccc3c3ccccc32)cc1-c1ccncc1. The zero-order chi connectivity index (χ0) is 26.6. The number of nitrogens with zero attached hydrogens (tertiary/aromatic N) is 4. The van der Waals surface area contributed by atoms with Gasteiger partial charge < -0.3 is 9.13 Å². The molecule has 0 aliphatic carbocycles. The molecule has 0 saturated heterocycles. The van der Waals surface area contributed by atoms with Crippen molar-refractivity contribution in [3.05, 3.63) is 139 Å². The second-order valence-corrected chi connectivity index (χ2v) is 9.97. The average Bonchev–Trinajstić information content (AvgIpc) is 3.54. The molecule has 4 nitrogen and oxygen atoms in total. The van der Waals surface area contributed by atoms with Gasteiger partial charge in [-0.25, -0.2) is 0 Å². The molecule has 186 valence electrons. The van der Waals surface area contributed by atoms with Gasteiger partial charge in [-0.05, 0) is 54.1 Å². The number of para-hydroxylation sites is 4. The van der Waals surface area contributed by atoms with Crippen LogP contribution >= 0.6 is 0 Å².